The first-order valence-electron chi connectivity index (χ1n) is 7.18. The molecule has 1 nitrogen and oxygen atoms in total. The van der Waals surface area contributed by atoms with E-state index in [-0.39, 0.29) is 16.6 Å². The van der Waals surface area contributed by atoms with Crippen molar-refractivity contribution in [3.05, 3.63) is 29.1 Å². The molecule has 0 saturated carbocycles. The first-order chi connectivity index (χ1) is 9.98. The first kappa shape index (κ1) is 18.9. The van der Waals surface area contributed by atoms with E-state index < -0.39 is 43.2 Å². The van der Waals surface area contributed by atoms with E-state index in [4.69, 9.17) is 4.43 Å². The van der Waals surface area contributed by atoms with Gasteiger partial charge in [-0.05, 0) is 16.6 Å². The SMILES string of the molecule is CC(C)[Si](Oc1c(F)c(F)c(F)c(F)c1F)(C(C)C)C(C)C. The molecule has 0 aromatic heterocycles. The van der Waals surface area contributed by atoms with Gasteiger partial charge in [0, 0.05) is 0 Å². The predicted molar refractivity (Wildman–Crippen MR) is 77.9 cm³/mol. The van der Waals surface area contributed by atoms with Crippen molar-refractivity contribution >= 4 is 8.32 Å². The third-order valence-corrected chi connectivity index (χ3v) is 10.1. The summed E-state index contributed by atoms with van der Waals surface area (Å²) in [5.41, 5.74) is -0.201. The van der Waals surface area contributed by atoms with Crippen molar-refractivity contribution < 1.29 is 26.4 Å². The van der Waals surface area contributed by atoms with E-state index in [0.29, 0.717) is 0 Å². The Bertz CT molecular complexity index is 507. The summed E-state index contributed by atoms with van der Waals surface area (Å²) in [7, 11) is -2.83. The van der Waals surface area contributed by atoms with Gasteiger partial charge in [-0.1, -0.05) is 41.5 Å². The zero-order chi connectivity index (χ0) is 17.4. The molecule has 0 fully saturated rings. The summed E-state index contributed by atoms with van der Waals surface area (Å²) in [5, 5.41) is 0. The van der Waals surface area contributed by atoms with E-state index in [1.807, 2.05) is 41.5 Å². The van der Waals surface area contributed by atoms with E-state index in [9.17, 15) is 22.0 Å². The van der Waals surface area contributed by atoms with E-state index in [2.05, 4.69) is 0 Å². The highest BCUT2D eigenvalue weighted by Gasteiger charge is 2.48. The highest BCUT2D eigenvalue weighted by Crippen LogP contribution is 2.44. The molecule has 1 aromatic rings. The Balaban J connectivity index is 3.56. The molecule has 0 N–H and O–H groups in total. The Kier molecular flexibility index (Phi) is 5.65. The fourth-order valence-corrected chi connectivity index (χ4v) is 8.44. The summed E-state index contributed by atoms with van der Waals surface area (Å²) in [6, 6.07) is 0. The number of hydrogen-bond acceptors (Lipinski definition) is 1. The standard InChI is InChI=1S/C15H21F5OSi/c1-7(2)22(8(3)4,9(5)6)21-15-13(19)11(17)10(16)12(18)14(15)20/h7-9H,1-6H3. The molecule has 22 heavy (non-hydrogen) atoms. The van der Waals surface area contributed by atoms with Gasteiger partial charge in [0.25, 0.3) is 8.32 Å². The van der Waals surface area contributed by atoms with Crippen LogP contribution in [-0.2, 0) is 0 Å². The molecule has 0 bridgehead atoms. The van der Waals surface area contributed by atoms with Crippen LogP contribution in [0.15, 0.2) is 0 Å². The van der Waals surface area contributed by atoms with Crippen LogP contribution in [0.2, 0.25) is 16.6 Å². The molecule has 1 aromatic carbocycles. The Morgan fingerprint density at radius 2 is 0.864 bits per heavy atom. The number of halogens is 5. The van der Waals surface area contributed by atoms with Crippen LogP contribution in [-0.4, -0.2) is 8.32 Å². The maximum Gasteiger partial charge on any atom is 0.259 e. The normalized spacial score (nSPS) is 12.6. The molecule has 0 saturated heterocycles. The maximum atomic E-state index is 13.9. The molecule has 0 heterocycles. The second kappa shape index (κ2) is 6.56. The quantitative estimate of drug-likeness (QED) is 0.279. The average molecular weight is 340 g/mol. The molecule has 7 heteroatoms. The highest BCUT2D eigenvalue weighted by atomic mass is 28.4. The molecule has 126 valence electrons. The van der Waals surface area contributed by atoms with Crippen LogP contribution in [0.4, 0.5) is 22.0 Å². The number of benzene rings is 1. The molecule has 0 radical (unpaired) electrons. The van der Waals surface area contributed by atoms with Crippen LogP contribution in [0.5, 0.6) is 5.75 Å². The molecule has 0 unspecified atom stereocenters. The summed E-state index contributed by atoms with van der Waals surface area (Å²) < 4.78 is 73.3. The molecule has 0 atom stereocenters. The van der Waals surface area contributed by atoms with Gasteiger partial charge in [0.2, 0.25) is 29.1 Å². The van der Waals surface area contributed by atoms with Crippen LogP contribution < -0.4 is 4.43 Å². The smallest absolute Gasteiger partial charge is 0.259 e. The van der Waals surface area contributed by atoms with E-state index >= 15 is 0 Å². The van der Waals surface area contributed by atoms with Gasteiger partial charge in [-0.2, -0.15) is 8.78 Å². The first-order valence-corrected chi connectivity index (χ1v) is 9.32. The van der Waals surface area contributed by atoms with Gasteiger partial charge < -0.3 is 4.43 Å². The van der Waals surface area contributed by atoms with Gasteiger partial charge in [-0.3, -0.25) is 0 Å². The maximum absolute atomic E-state index is 13.9. The molecule has 1 rings (SSSR count). The zero-order valence-corrected chi connectivity index (χ0v) is 14.5. The van der Waals surface area contributed by atoms with Gasteiger partial charge in [-0.15, -0.1) is 0 Å². The molecule has 0 amide bonds. The average Bonchev–Trinajstić information content (AvgIpc) is 2.42. The lowest BCUT2D eigenvalue weighted by atomic mass is 10.3. The van der Waals surface area contributed by atoms with Crippen molar-refractivity contribution in [1.82, 2.24) is 0 Å². The zero-order valence-electron chi connectivity index (χ0n) is 13.5. The molecule has 0 aliphatic rings. The van der Waals surface area contributed by atoms with Gasteiger partial charge in [0.05, 0.1) is 0 Å². The summed E-state index contributed by atoms with van der Waals surface area (Å²) >= 11 is 0. The van der Waals surface area contributed by atoms with Crippen molar-refractivity contribution in [2.75, 3.05) is 0 Å². The van der Waals surface area contributed by atoms with E-state index in [0.717, 1.165) is 0 Å². The summed E-state index contributed by atoms with van der Waals surface area (Å²) in [6.45, 7) is 11.1. The summed E-state index contributed by atoms with van der Waals surface area (Å²) in [5.74, 6) is -11.1. The van der Waals surface area contributed by atoms with Crippen LogP contribution in [0.1, 0.15) is 41.5 Å². The van der Waals surface area contributed by atoms with Gasteiger partial charge in [0.1, 0.15) is 0 Å². The minimum Gasteiger partial charge on any atom is -0.539 e. The molecule has 0 aliphatic heterocycles. The second-order valence-corrected chi connectivity index (χ2v) is 11.7. The van der Waals surface area contributed by atoms with Crippen LogP contribution in [0, 0.1) is 29.1 Å². The van der Waals surface area contributed by atoms with E-state index in [1.54, 1.807) is 0 Å². The van der Waals surface area contributed by atoms with Crippen molar-refractivity contribution in [1.29, 1.82) is 0 Å². The van der Waals surface area contributed by atoms with Crippen LogP contribution >= 0.6 is 0 Å². The van der Waals surface area contributed by atoms with Crippen molar-refractivity contribution in [3.8, 4) is 5.75 Å². The van der Waals surface area contributed by atoms with Crippen molar-refractivity contribution in [2.45, 2.75) is 58.2 Å². The van der Waals surface area contributed by atoms with Gasteiger partial charge in [0.15, 0.2) is 5.75 Å². The van der Waals surface area contributed by atoms with E-state index in [1.165, 1.54) is 0 Å². The molecule has 0 aliphatic carbocycles. The third-order valence-electron chi connectivity index (χ3n) is 4.16. The van der Waals surface area contributed by atoms with Crippen LogP contribution in [0.25, 0.3) is 0 Å². The lowest BCUT2D eigenvalue weighted by Crippen LogP contribution is -2.51. The predicted octanol–water partition coefficient (Wildman–Crippen LogP) is 5.94. The van der Waals surface area contributed by atoms with Crippen molar-refractivity contribution in [3.63, 3.8) is 0 Å². The Hall–Kier alpha value is -1.11. The summed E-state index contributed by atoms with van der Waals surface area (Å²) in [4.78, 5) is 0. The largest absolute Gasteiger partial charge is 0.539 e. The monoisotopic (exact) mass is 340 g/mol. The topological polar surface area (TPSA) is 9.23 Å². The Labute approximate surface area is 128 Å². The lowest BCUT2D eigenvalue weighted by Gasteiger charge is -2.42. The number of rotatable bonds is 5. The highest BCUT2D eigenvalue weighted by molar-refractivity contribution is 6.78. The minimum atomic E-state index is -2.83. The molecular weight excluding hydrogens is 319 g/mol. The van der Waals surface area contributed by atoms with Gasteiger partial charge in [-0.25, -0.2) is 13.2 Å². The van der Waals surface area contributed by atoms with Crippen molar-refractivity contribution in [2.24, 2.45) is 0 Å². The Morgan fingerprint density at radius 3 is 1.14 bits per heavy atom. The Morgan fingerprint density at radius 1 is 0.591 bits per heavy atom. The van der Waals surface area contributed by atoms with Crippen LogP contribution in [0.3, 0.4) is 0 Å². The fraction of sp³-hybridized carbons (Fsp3) is 0.600. The number of hydrogen-bond donors (Lipinski definition) is 0. The molecular formula is C15H21F5OSi. The minimum absolute atomic E-state index is 0.0672. The second-order valence-electron chi connectivity index (χ2n) is 6.32. The van der Waals surface area contributed by atoms with Gasteiger partial charge >= 0.3 is 0 Å². The summed E-state index contributed by atoms with van der Waals surface area (Å²) in [6.07, 6.45) is 0. The molecule has 0 spiro atoms. The third kappa shape index (κ3) is 2.87. The lowest BCUT2D eigenvalue weighted by molar-refractivity contribution is 0.337. The fourth-order valence-electron chi connectivity index (χ4n) is 3.20.